The van der Waals surface area contributed by atoms with E-state index in [9.17, 15) is 4.79 Å². The standard InChI is InChI=1S/C12H22N2O2/c1-12(2)9-14(7-8-16-12)11(15)10-5-3-4-6-13-10/h10,13H,3-9H2,1-2H3/t10-/m1/s1. The largest absolute Gasteiger partial charge is 0.372 e. The van der Waals surface area contributed by atoms with Gasteiger partial charge in [-0.25, -0.2) is 0 Å². The first kappa shape index (κ1) is 11.9. The Balaban J connectivity index is 1.93. The predicted octanol–water partition coefficient (Wildman–Crippen LogP) is 0.766. The fourth-order valence-electron chi connectivity index (χ4n) is 2.49. The molecule has 2 aliphatic heterocycles. The van der Waals surface area contributed by atoms with Crippen molar-refractivity contribution in [3.05, 3.63) is 0 Å². The second-order valence-electron chi connectivity index (χ2n) is 5.37. The van der Waals surface area contributed by atoms with Crippen molar-refractivity contribution in [3.63, 3.8) is 0 Å². The minimum Gasteiger partial charge on any atom is -0.372 e. The number of morpholine rings is 1. The molecule has 2 fully saturated rings. The van der Waals surface area contributed by atoms with Crippen molar-refractivity contribution in [3.8, 4) is 0 Å². The number of ether oxygens (including phenoxy) is 1. The summed E-state index contributed by atoms with van der Waals surface area (Å²) in [5, 5.41) is 3.31. The lowest BCUT2D eigenvalue weighted by Gasteiger charge is -2.40. The van der Waals surface area contributed by atoms with E-state index in [0.717, 1.165) is 25.9 Å². The van der Waals surface area contributed by atoms with E-state index in [4.69, 9.17) is 4.74 Å². The first-order chi connectivity index (χ1) is 7.58. The number of nitrogens with zero attached hydrogens (tertiary/aromatic N) is 1. The summed E-state index contributed by atoms with van der Waals surface area (Å²) >= 11 is 0. The zero-order valence-corrected chi connectivity index (χ0v) is 10.3. The van der Waals surface area contributed by atoms with Crippen LogP contribution >= 0.6 is 0 Å². The lowest BCUT2D eigenvalue weighted by molar-refractivity contribution is -0.148. The van der Waals surface area contributed by atoms with E-state index < -0.39 is 0 Å². The molecule has 0 unspecified atom stereocenters. The summed E-state index contributed by atoms with van der Waals surface area (Å²) in [4.78, 5) is 14.2. The zero-order chi connectivity index (χ0) is 11.6. The molecule has 4 heteroatoms. The van der Waals surface area contributed by atoms with Crippen LogP contribution in [0.3, 0.4) is 0 Å². The third kappa shape index (κ3) is 2.74. The highest BCUT2D eigenvalue weighted by Crippen LogP contribution is 2.18. The molecule has 0 bridgehead atoms. The van der Waals surface area contributed by atoms with E-state index in [-0.39, 0.29) is 17.6 Å². The van der Waals surface area contributed by atoms with Crippen molar-refractivity contribution in [2.45, 2.75) is 44.8 Å². The van der Waals surface area contributed by atoms with Gasteiger partial charge >= 0.3 is 0 Å². The first-order valence-electron chi connectivity index (χ1n) is 6.25. The molecule has 1 N–H and O–H groups in total. The molecular formula is C12H22N2O2. The average Bonchev–Trinajstić information content (AvgIpc) is 2.28. The highest BCUT2D eigenvalue weighted by Gasteiger charge is 2.33. The van der Waals surface area contributed by atoms with Crippen LogP contribution in [0.1, 0.15) is 33.1 Å². The Labute approximate surface area is 97.3 Å². The fraction of sp³-hybridized carbons (Fsp3) is 0.917. The van der Waals surface area contributed by atoms with Crippen LogP contribution in [0.25, 0.3) is 0 Å². The normalized spacial score (nSPS) is 30.1. The van der Waals surface area contributed by atoms with Gasteiger partial charge in [0.05, 0.1) is 18.2 Å². The van der Waals surface area contributed by atoms with Crippen LogP contribution in [0.2, 0.25) is 0 Å². The Morgan fingerprint density at radius 1 is 1.44 bits per heavy atom. The highest BCUT2D eigenvalue weighted by atomic mass is 16.5. The van der Waals surface area contributed by atoms with E-state index in [1.54, 1.807) is 0 Å². The van der Waals surface area contributed by atoms with Gasteiger partial charge in [0.15, 0.2) is 0 Å². The second kappa shape index (κ2) is 4.72. The maximum Gasteiger partial charge on any atom is 0.239 e. The molecule has 1 atom stereocenters. The van der Waals surface area contributed by atoms with Gasteiger partial charge in [0.25, 0.3) is 0 Å². The van der Waals surface area contributed by atoms with E-state index in [2.05, 4.69) is 5.32 Å². The molecule has 0 aromatic carbocycles. The van der Waals surface area contributed by atoms with E-state index in [1.165, 1.54) is 6.42 Å². The summed E-state index contributed by atoms with van der Waals surface area (Å²) in [7, 11) is 0. The number of carbonyl (C=O) groups is 1. The highest BCUT2D eigenvalue weighted by molar-refractivity contribution is 5.82. The van der Waals surface area contributed by atoms with Gasteiger partial charge in [-0.05, 0) is 33.2 Å². The molecule has 2 aliphatic rings. The molecule has 2 rings (SSSR count). The smallest absolute Gasteiger partial charge is 0.239 e. The number of hydrogen-bond acceptors (Lipinski definition) is 3. The molecule has 0 aliphatic carbocycles. The summed E-state index contributed by atoms with van der Waals surface area (Å²) in [6.07, 6.45) is 3.34. The van der Waals surface area contributed by atoms with Gasteiger partial charge in [0, 0.05) is 13.1 Å². The molecule has 16 heavy (non-hydrogen) atoms. The van der Waals surface area contributed by atoms with Crippen LogP contribution in [0.4, 0.5) is 0 Å². The Kier molecular flexibility index (Phi) is 3.50. The van der Waals surface area contributed by atoms with Crippen molar-refractivity contribution in [1.29, 1.82) is 0 Å². The Hall–Kier alpha value is -0.610. The molecule has 0 aromatic heterocycles. The van der Waals surface area contributed by atoms with Crippen molar-refractivity contribution in [2.24, 2.45) is 0 Å². The second-order valence-corrected chi connectivity index (χ2v) is 5.37. The number of amides is 1. The molecule has 0 radical (unpaired) electrons. The summed E-state index contributed by atoms with van der Waals surface area (Å²) in [6, 6.07) is 0.0441. The summed E-state index contributed by atoms with van der Waals surface area (Å²) < 4.78 is 5.62. The maximum absolute atomic E-state index is 12.2. The van der Waals surface area contributed by atoms with Crippen LogP contribution < -0.4 is 5.32 Å². The van der Waals surface area contributed by atoms with Gasteiger partial charge < -0.3 is 15.0 Å². The zero-order valence-electron chi connectivity index (χ0n) is 10.3. The van der Waals surface area contributed by atoms with E-state index >= 15 is 0 Å². The number of piperidine rings is 1. The minimum absolute atomic E-state index is 0.0441. The molecule has 1 amide bonds. The van der Waals surface area contributed by atoms with Gasteiger partial charge in [-0.1, -0.05) is 6.42 Å². The molecule has 92 valence electrons. The number of rotatable bonds is 1. The molecule has 0 aromatic rings. The van der Waals surface area contributed by atoms with Gasteiger partial charge in [-0.15, -0.1) is 0 Å². The monoisotopic (exact) mass is 226 g/mol. The topological polar surface area (TPSA) is 41.6 Å². The molecule has 0 saturated carbocycles. The fourth-order valence-corrected chi connectivity index (χ4v) is 2.49. The average molecular weight is 226 g/mol. The van der Waals surface area contributed by atoms with Gasteiger partial charge in [0.1, 0.15) is 0 Å². The lowest BCUT2D eigenvalue weighted by atomic mass is 10.0. The molecular weight excluding hydrogens is 204 g/mol. The SMILES string of the molecule is CC1(C)CN(C(=O)[C@H]2CCCCN2)CCO1. The van der Waals surface area contributed by atoms with Crippen molar-refractivity contribution < 1.29 is 9.53 Å². The van der Waals surface area contributed by atoms with Gasteiger partial charge in [-0.2, -0.15) is 0 Å². The van der Waals surface area contributed by atoms with E-state index in [1.807, 2.05) is 18.7 Å². The van der Waals surface area contributed by atoms with Crippen LogP contribution in [-0.2, 0) is 9.53 Å². The lowest BCUT2D eigenvalue weighted by Crippen LogP contribution is -2.56. The van der Waals surface area contributed by atoms with Crippen LogP contribution in [0, 0.1) is 0 Å². The van der Waals surface area contributed by atoms with Crippen LogP contribution in [0.5, 0.6) is 0 Å². The Morgan fingerprint density at radius 2 is 2.25 bits per heavy atom. The quantitative estimate of drug-likeness (QED) is 0.718. The van der Waals surface area contributed by atoms with Crippen LogP contribution in [-0.4, -0.2) is 48.7 Å². The third-order valence-electron chi connectivity index (χ3n) is 3.35. The predicted molar refractivity (Wildman–Crippen MR) is 62.3 cm³/mol. The maximum atomic E-state index is 12.2. The minimum atomic E-state index is -0.192. The van der Waals surface area contributed by atoms with E-state index in [0.29, 0.717) is 13.2 Å². The molecule has 2 saturated heterocycles. The Bertz CT molecular complexity index is 260. The van der Waals surface area contributed by atoms with Crippen molar-refractivity contribution in [1.82, 2.24) is 10.2 Å². The number of nitrogens with one attached hydrogen (secondary N) is 1. The van der Waals surface area contributed by atoms with Crippen molar-refractivity contribution in [2.75, 3.05) is 26.2 Å². The summed E-state index contributed by atoms with van der Waals surface area (Å²) in [5.41, 5.74) is -0.192. The summed E-state index contributed by atoms with van der Waals surface area (Å²) in [6.45, 7) is 7.17. The molecule has 0 spiro atoms. The molecule has 2 heterocycles. The number of hydrogen-bond donors (Lipinski definition) is 1. The summed E-state index contributed by atoms with van der Waals surface area (Å²) in [5.74, 6) is 0.260. The van der Waals surface area contributed by atoms with Gasteiger partial charge in [0.2, 0.25) is 5.91 Å². The first-order valence-corrected chi connectivity index (χ1v) is 6.25. The van der Waals surface area contributed by atoms with Gasteiger partial charge in [-0.3, -0.25) is 4.79 Å². The Morgan fingerprint density at radius 3 is 2.88 bits per heavy atom. The number of carbonyl (C=O) groups excluding carboxylic acids is 1. The third-order valence-corrected chi connectivity index (χ3v) is 3.35. The van der Waals surface area contributed by atoms with Crippen molar-refractivity contribution >= 4 is 5.91 Å². The van der Waals surface area contributed by atoms with Crippen LogP contribution in [0.15, 0.2) is 0 Å². The molecule has 4 nitrogen and oxygen atoms in total.